The molecule has 0 bridgehead atoms. The summed E-state index contributed by atoms with van der Waals surface area (Å²) in [5, 5.41) is 3.49. The van der Waals surface area contributed by atoms with Gasteiger partial charge >= 0.3 is 0 Å². The number of hydrogen-bond donors (Lipinski definition) is 2. The Balaban J connectivity index is 2.08. The van der Waals surface area contributed by atoms with Crippen molar-refractivity contribution in [3.8, 4) is 0 Å². The number of nitrogen functional groups attached to an aromatic ring is 1. The van der Waals surface area contributed by atoms with E-state index in [2.05, 4.69) is 12.2 Å². The summed E-state index contributed by atoms with van der Waals surface area (Å²) < 4.78 is 0. The molecule has 0 aromatic heterocycles. The molecule has 1 aromatic rings. The van der Waals surface area contributed by atoms with Gasteiger partial charge in [-0.3, -0.25) is 4.79 Å². The number of nitrogens with two attached hydrogens (primary N) is 1. The molecular weight excluding hydrogens is 259 g/mol. The van der Waals surface area contributed by atoms with Gasteiger partial charge < -0.3 is 11.1 Å². The maximum Gasteiger partial charge on any atom is 0.251 e. The smallest absolute Gasteiger partial charge is 0.251 e. The first-order chi connectivity index (χ1) is 7.91. The van der Waals surface area contributed by atoms with E-state index < -0.39 is 0 Å². The van der Waals surface area contributed by atoms with E-state index in [1.165, 1.54) is 12.1 Å². The van der Waals surface area contributed by atoms with Crippen LogP contribution in [0, 0.1) is 5.41 Å². The molecule has 1 aliphatic carbocycles. The normalized spacial score (nSPS) is 16.6. The van der Waals surface area contributed by atoms with Crippen molar-refractivity contribution >= 4 is 34.8 Å². The number of amides is 1. The van der Waals surface area contributed by atoms with E-state index >= 15 is 0 Å². The average Bonchev–Trinajstić information content (AvgIpc) is 3.01. The SMILES string of the molecule is CC1(CNC(=O)c2cc(Cl)c(N)c(Cl)c2)CC1. The Labute approximate surface area is 110 Å². The summed E-state index contributed by atoms with van der Waals surface area (Å²) in [5.41, 5.74) is 6.63. The number of carbonyl (C=O) groups excluding carboxylic acids is 1. The molecule has 3 nitrogen and oxygen atoms in total. The van der Waals surface area contributed by atoms with Gasteiger partial charge in [0.2, 0.25) is 0 Å². The van der Waals surface area contributed by atoms with Crippen LogP contribution < -0.4 is 11.1 Å². The maximum absolute atomic E-state index is 11.9. The highest BCUT2D eigenvalue weighted by molar-refractivity contribution is 6.39. The fraction of sp³-hybridized carbons (Fsp3) is 0.417. The third kappa shape index (κ3) is 2.85. The Kier molecular flexibility index (Phi) is 3.23. The van der Waals surface area contributed by atoms with Gasteiger partial charge in [-0.15, -0.1) is 0 Å². The van der Waals surface area contributed by atoms with E-state index in [9.17, 15) is 4.79 Å². The molecule has 0 heterocycles. The minimum absolute atomic E-state index is 0.165. The zero-order valence-electron chi connectivity index (χ0n) is 9.52. The van der Waals surface area contributed by atoms with Crippen LogP contribution in [-0.4, -0.2) is 12.5 Å². The second-order valence-electron chi connectivity index (χ2n) is 4.85. The summed E-state index contributed by atoms with van der Waals surface area (Å²) in [4.78, 5) is 11.9. The summed E-state index contributed by atoms with van der Waals surface area (Å²) in [5.74, 6) is -0.165. The van der Waals surface area contributed by atoms with E-state index in [1.54, 1.807) is 0 Å². The third-order valence-electron chi connectivity index (χ3n) is 3.12. The molecule has 1 saturated carbocycles. The van der Waals surface area contributed by atoms with Gasteiger partial charge in [0.05, 0.1) is 15.7 Å². The molecule has 1 amide bonds. The lowest BCUT2D eigenvalue weighted by Gasteiger charge is -2.11. The molecule has 5 heteroatoms. The number of nitrogens with one attached hydrogen (secondary N) is 1. The van der Waals surface area contributed by atoms with Crippen LogP contribution in [0.1, 0.15) is 30.1 Å². The van der Waals surface area contributed by atoms with Crippen LogP contribution >= 0.6 is 23.2 Å². The highest BCUT2D eigenvalue weighted by Gasteiger charge is 2.37. The van der Waals surface area contributed by atoms with Gasteiger partial charge in [0.25, 0.3) is 5.91 Å². The predicted molar refractivity (Wildman–Crippen MR) is 70.5 cm³/mol. The van der Waals surface area contributed by atoms with Gasteiger partial charge in [-0.1, -0.05) is 30.1 Å². The fourth-order valence-electron chi connectivity index (χ4n) is 1.50. The minimum Gasteiger partial charge on any atom is -0.396 e. The maximum atomic E-state index is 11.9. The largest absolute Gasteiger partial charge is 0.396 e. The minimum atomic E-state index is -0.165. The number of rotatable bonds is 3. The molecule has 1 aliphatic rings. The Morgan fingerprint density at radius 1 is 1.41 bits per heavy atom. The highest BCUT2D eigenvalue weighted by atomic mass is 35.5. The molecule has 92 valence electrons. The summed E-state index contributed by atoms with van der Waals surface area (Å²) in [6.45, 7) is 2.83. The molecule has 2 rings (SSSR count). The van der Waals surface area contributed by atoms with Gasteiger partial charge in [0.1, 0.15) is 0 Å². The summed E-state index contributed by atoms with van der Waals surface area (Å²) in [7, 11) is 0. The fourth-order valence-corrected chi connectivity index (χ4v) is 1.99. The number of halogens is 2. The lowest BCUT2D eigenvalue weighted by Crippen LogP contribution is -2.29. The van der Waals surface area contributed by atoms with Crippen LogP contribution in [0.4, 0.5) is 5.69 Å². The van der Waals surface area contributed by atoms with Crippen molar-refractivity contribution in [2.24, 2.45) is 5.41 Å². The van der Waals surface area contributed by atoms with Gasteiger partial charge in [0.15, 0.2) is 0 Å². The molecule has 0 spiro atoms. The number of anilines is 1. The first-order valence-corrected chi connectivity index (χ1v) is 6.20. The van der Waals surface area contributed by atoms with Crippen molar-refractivity contribution in [1.29, 1.82) is 0 Å². The molecule has 3 N–H and O–H groups in total. The van der Waals surface area contributed by atoms with Gasteiger partial charge in [0, 0.05) is 12.1 Å². The average molecular weight is 273 g/mol. The van der Waals surface area contributed by atoms with Gasteiger partial charge in [-0.05, 0) is 30.4 Å². The van der Waals surface area contributed by atoms with E-state index in [0.29, 0.717) is 27.8 Å². The van der Waals surface area contributed by atoms with Crippen LogP contribution in [0.15, 0.2) is 12.1 Å². The Bertz CT molecular complexity index is 447. The molecule has 0 atom stereocenters. The Hall–Kier alpha value is -0.930. The zero-order valence-corrected chi connectivity index (χ0v) is 11.0. The summed E-state index contributed by atoms with van der Waals surface area (Å²) in [6, 6.07) is 3.07. The molecule has 1 fully saturated rings. The monoisotopic (exact) mass is 272 g/mol. The van der Waals surface area contributed by atoms with Crippen molar-refractivity contribution in [3.63, 3.8) is 0 Å². The first kappa shape index (κ1) is 12.5. The number of hydrogen-bond acceptors (Lipinski definition) is 2. The Morgan fingerprint density at radius 3 is 2.41 bits per heavy atom. The molecular formula is C12H14Cl2N2O. The van der Waals surface area contributed by atoms with E-state index in [0.717, 1.165) is 12.8 Å². The van der Waals surface area contributed by atoms with Crippen LogP contribution in [0.3, 0.4) is 0 Å². The Morgan fingerprint density at radius 2 is 1.94 bits per heavy atom. The number of benzene rings is 1. The van der Waals surface area contributed by atoms with Crippen LogP contribution in [0.5, 0.6) is 0 Å². The van der Waals surface area contributed by atoms with Gasteiger partial charge in [-0.2, -0.15) is 0 Å². The summed E-state index contributed by atoms with van der Waals surface area (Å²) in [6.07, 6.45) is 2.33. The lowest BCUT2D eigenvalue weighted by molar-refractivity contribution is 0.0946. The summed E-state index contributed by atoms with van der Waals surface area (Å²) >= 11 is 11.8. The van der Waals surface area contributed by atoms with Crippen molar-refractivity contribution < 1.29 is 4.79 Å². The van der Waals surface area contributed by atoms with E-state index in [1.807, 2.05) is 0 Å². The van der Waals surface area contributed by atoms with E-state index in [-0.39, 0.29) is 11.3 Å². The highest BCUT2D eigenvalue weighted by Crippen LogP contribution is 2.44. The molecule has 17 heavy (non-hydrogen) atoms. The van der Waals surface area contributed by atoms with Crippen molar-refractivity contribution in [2.75, 3.05) is 12.3 Å². The van der Waals surface area contributed by atoms with Crippen molar-refractivity contribution in [3.05, 3.63) is 27.7 Å². The van der Waals surface area contributed by atoms with Crippen LogP contribution in [0.25, 0.3) is 0 Å². The number of carbonyl (C=O) groups is 1. The lowest BCUT2D eigenvalue weighted by atomic mass is 10.1. The first-order valence-electron chi connectivity index (χ1n) is 5.44. The van der Waals surface area contributed by atoms with Crippen molar-refractivity contribution in [2.45, 2.75) is 19.8 Å². The second-order valence-corrected chi connectivity index (χ2v) is 5.66. The standard InChI is InChI=1S/C12H14Cl2N2O/c1-12(2-3-12)6-16-11(17)7-4-8(13)10(15)9(14)5-7/h4-5H,2-3,6,15H2,1H3,(H,16,17). The third-order valence-corrected chi connectivity index (χ3v) is 3.75. The molecule has 1 aromatic carbocycles. The topological polar surface area (TPSA) is 55.1 Å². The molecule has 0 saturated heterocycles. The molecule has 0 radical (unpaired) electrons. The quantitative estimate of drug-likeness (QED) is 0.831. The molecule has 0 unspecified atom stereocenters. The zero-order chi connectivity index (χ0) is 12.6. The van der Waals surface area contributed by atoms with Crippen LogP contribution in [-0.2, 0) is 0 Å². The predicted octanol–water partition coefficient (Wildman–Crippen LogP) is 3.11. The van der Waals surface area contributed by atoms with Crippen LogP contribution in [0.2, 0.25) is 10.0 Å². The second kappa shape index (κ2) is 4.39. The molecule has 0 aliphatic heterocycles. The van der Waals surface area contributed by atoms with Gasteiger partial charge in [-0.25, -0.2) is 0 Å². The van der Waals surface area contributed by atoms with E-state index in [4.69, 9.17) is 28.9 Å². The van der Waals surface area contributed by atoms with Crippen molar-refractivity contribution in [1.82, 2.24) is 5.32 Å².